The molecule has 1 aliphatic carbocycles. The summed E-state index contributed by atoms with van der Waals surface area (Å²) in [5.41, 5.74) is 1.58. The van der Waals surface area contributed by atoms with Crippen LogP contribution in [0.15, 0.2) is 30.5 Å². The maximum Gasteiger partial charge on any atom is 0.313 e. The van der Waals surface area contributed by atoms with Gasteiger partial charge in [-0.15, -0.1) is 0 Å². The topological polar surface area (TPSA) is 74.0 Å². The van der Waals surface area contributed by atoms with Gasteiger partial charge in [0, 0.05) is 23.1 Å². The molecular weight excluding hydrogens is 278 g/mol. The van der Waals surface area contributed by atoms with Crippen molar-refractivity contribution in [3.8, 4) is 0 Å². The third-order valence-corrected chi connectivity index (χ3v) is 4.24. The molecule has 0 radical (unpaired) electrons. The molecule has 1 fully saturated rings. The number of rotatable bonds is 2. The minimum Gasteiger partial charge on any atom is -0.361 e. The Bertz CT molecular complexity index is 669. The lowest BCUT2D eigenvalue weighted by Gasteiger charge is -2.16. The molecule has 0 unspecified atom stereocenters. The molecule has 22 heavy (non-hydrogen) atoms. The van der Waals surface area contributed by atoms with Crippen molar-refractivity contribution in [1.82, 2.24) is 10.3 Å². The number of fused-ring (bicyclic) bond motifs is 1. The van der Waals surface area contributed by atoms with Crippen molar-refractivity contribution in [3.63, 3.8) is 0 Å². The summed E-state index contributed by atoms with van der Waals surface area (Å²) in [5.74, 6) is -1.14. The normalized spacial score (nSPS) is 16.2. The summed E-state index contributed by atoms with van der Waals surface area (Å²) in [5, 5.41) is 6.47. The number of hydrogen-bond donors (Lipinski definition) is 3. The zero-order valence-electron chi connectivity index (χ0n) is 12.5. The van der Waals surface area contributed by atoms with E-state index in [0.717, 1.165) is 36.6 Å². The van der Waals surface area contributed by atoms with Crippen LogP contribution in [0.2, 0.25) is 0 Å². The van der Waals surface area contributed by atoms with Crippen molar-refractivity contribution >= 4 is 28.4 Å². The number of nitrogens with one attached hydrogen (secondary N) is 3. The standard InChI is InChI=1S/C17H21N3O2/c21-16(19-12-6-3-1-2-4-7-12)17(22)20-15-9-5-8-14-13(15)10-11-18-14/h5,8-12,18H,1-4,6-7H2,(H,19,21)(H,20,22). The van der Waals surface area contributed by atoms with Crippen LogP contribution in [0.4, 0.5) is 5.69 Å². The molecule has 3 N–H and O–H groups in total. The SMILES string of the molecule is O=C(Nc1cccc2[nH]ccc12)C(=O)NC1CCCCCC1. The van der Waals surface area contributed by atoms with E-state index in [-0.39, 0.29) is 6.04 Å². The van der Waals surface area contributed by atoms with Gasteiger partial charge in [0.05, 0.1) is 5.69 Å². The highest BCUT2D eigenvalue weighted by atomic mass is 16.2. The zero-order valence-corrected chi connectivity index (χ0v) is 12.5. The fourth-order valence-corrected chi connectivity index (χ4v) is 3.05. The Morgan fingerprint density at radius 2 is 1.77 bits per heavy atom. The van der Waals surface area contributed by atoms with E-state index in [1.807, 2.05) is 24.4 Å². The maximum atomic E-state index is 12.1. The molecule has 0 atom stereocenters. The first-order chi connectivity index (χ1) is 10.7. The molecule has 0 bridgehead atoms. The van der Waals surface area contributed by atoms with Gasteiger partial charge in [-0.05, 0) is 31.0 Å². The first-order valence-electron chi connectivity index (χ1n) is 7.92. The highest BCUT2D eigenvalue weighted by Gasteiger charge is 2.20. The molecule has 0 saturated heterocycles. The molecule has 1 saturated carbocycles. The van der Waals surface area contributed by atoms with Crippen LogP contribution in [0.25, 0.3) is 10.9 Å². The van der Waals surface area contributed by atoms with Crippen LogP contribution in [0.5, 0.6) is 0 Å². The second-order valence-corrected chi connectivity index (χ2v) is 5.86. The van der Waals surface area contributed by atoms with Crippen molar-refractivity contribution in [1.29, 1.82) is 0 Å². The summed E-state index contributed by atoms with van der Waals surface area (Å²) in [6.45, 7) is 0. The van der Waals surface area contributed by atoms with Gasteiger partial charge in [0.25, 0.3) is 0 Å². The largest absolute Gasteiger partial charge is 0.361 e. The van der Waals surface area contributed by atoms with E-state index < -0.39 is 11.8 Å². The smallest absolute Gasteiger partial charge is 0.313 e. The summed E-state index contributed by atoms with van der Waals surface area (Å²) in [4.78, 5) is 27.3. The molecule has 0 aliphatic heterocycles. The first kappa shape index (κ1) is 14.6. The Morgan fingerprint density at radius 3 is 2.55 bits per heavy atom. The van der Waals surface area contributed by atoms with Gasteiger partial charge in [-0.2, -0.15) is 0 Å². The van der Waals surface area contributed by atoms with Crippen LogP contribution in [-0.2, 0) is 9.59 Å². The molecule has 5 nitrogen and oxygen atoms in total. The van der Waals surface area contributed by atoms with Crippen LogP contribution in [-0.4, -0.2) is 22.8 Å². The van der Waals surface area contributed by atoms with Gasteiger partial charge < -0.3 is 15.6 Å². The van der Waals surface area contributed by atoms with Gasteiger partial charge >= 0.3 is 11.8 Å². The van der Waals surface area contributed by atoms with Crippen LogP contribution in [0.1, 0.15) is 38.5 Å². The van der Waals surface area contributed by atoms with E-state index in [1.165, 1.54) is 12.8 Å². The summed E-state index contributed by atoms with van der Waals surface area (Å²) in [6.07, 6.45) is 8.41. The highest BCUT2D eigenvalue weighted by molar-refractivity contribution is 6.40. The molecule has 1 aromatic heterocycles. The Kier molecular flexibility index (Phi) is 4.42. The second kappa shape index (κ2) is 6.64. The number of benzene rings is 1. The molecule has 0 spiro atoms. The number of anilines is 1. The molecule has 1 aromatic carbocycles. The van der Waals surface area contributed by atoms with Crippen molar-refractivity contribution in [3.05, 3.63) is 30.5 Å². The van der Waals surface area contributed by atoms with E-state index in [1.54, 1.807) is 6.07 Å². The molecule has 2 amide bonds. The molecule has 1 heterocycles. The molecule has 3 rings (SSSR count). The van der Waals surface area contributed by atoms with E-state index in [4.69, 9.17) is 0 Å². The Hall–Kier alpha value is -2.30. The molecule has 2 aromatic rings. The minimum absolute atomic E-state index is 0.129. The van der Waals surface area contributed by atoms with Crippen LogP contribution >= 0.6 is 0 Å². The molecule has 116 valence electrons. The third kappa shape index (κ3) is 3.30. The lowest BCUT2D eigenvalue weighted by atomic mass is 10.1. The Balaban J connectivity index is 1.63. The van der Waals surface area contributed by atoms with Crippen molar-refractivity contribution in [2.24, 2.45) is 0 Å². The summed E-state index contributed by atoms with van der Waals surface area (Å²) in [7, 11) is 0. The summed E-state index contributed by atoms with van der Waals surface area (Å²) in [6, 6.07) is 7.58. The third-order valence-electron chi connectivity index (χ3n) is 4.24. The Morgan fingerprint density at radius 1 is 1.00 bits per heavy atom. The van der Waals surface area contributed by atoms with Crippen molar-refractivity contribution < 1.29 is 9.59 Å². The first-order valence-corrected chi connectivity index (χ1v) is 7.92. The van der Waals surface area contributed by atoms with Crippen LogP contribution in [0, 0.1) is 0 Å². The predicted molar refractivity (Wildman–Crippen MR) is 86.6 cm³/mol. The average Bonchev–Trinajstić information content (AvgIpc) is 2.86. The molecular formula is C17H21N3O2. The number of hydrogen-bond acceptors (Lipinski definition) is 2. The lowest BCUT2D eigenvalue weighted by molar-refractivity contribution is -0.136. The Labute approximate surface area is 129 Å². The van der Waals surface area contributed by atoms with Gasteiger partial charge in [0.15, 0.2) is 0 Å². The fraction of sp³-hybridized carbons (Fsp3) is 0.412. The van der Waals surface area contributed by atoms with Gasteiger partial charge in [-0.1, -0.05) is 31.7 Å². The van der Waals surface area contributed by atoms with Crippen LogP contribution in [0.3, 0.4) is 0 Å². The van der Waals surface area contributed by atoms with Crippen LogP contribution < -0.4 is 10.6 Å². The van der Waals surface area contributed by atoms with E-state index >= 15 is 0 Å². The maximum absolute atomic E-state index is 12.1. The number of H-pyrrole nitrogens is 1. The van der Waals surface area contributed by atoms with Gasteiger partial charge in [0.2, 0.25) is 0 Å². The number of aromatic nitrogens is 1. The van der Waals surface area contributed by atoms with E-state index in [9.17, 15) is 9.59 Å². The molecule has 5 heteroatoms. The molecule has 1 aliphatic rings. The number of amides is 2. The average molecular weight is 299 g/mol. The van der Waals surface area contributed by atoms with Crippen molar-refractivity contribution in [2.75, 3.05) is 5.32 Å². The van der Waals surface area contributed by atoms with Gasteiger partial charge in [-0.25, -0.2) is 0 Å². The fourth-order valence-electron chi connectivity index (χ4n) is 3.05. The lowest BCUT2D eigenvalue weighted by Crippen LogP contribution is -2.41. The minimum atomic E-state index is -0.599. The summed E-state index contributed by atoms with van der Waals surface area (Å²) < 4.78 is 0. The number of carbonyl (C=O) groups excluding carboxylic acids is 2. The highest BCUT2D eigenvalue weighted by Crippen LogP contribution is 2.22. The zero-order chi connectivity index (χ0) is 15.4. The number of carbonyl (C=O) groups is 2. The number of aromatic amines is 1. The van der Waals surface area contributed by atoms with Gasteiger partial charge in [-0.3, -0.25) is 9.59 Å². The predicted octanol–water partition coefficient (Wildman–Crippen LogP) is 2.95. The van der Waals surface area contributed by atoms with Gasteiger partial charge in [0.1, 0.15) is 0 Å². The summed E-state index contributed by atoms with van der Waals surface area (Å²) >= 11 is 0. The van der Waals surface area contributed by atoms with E-state index in [2.05, 4.69) is 15.6 Å². The monoisotopic (exact) mass is 299 g/mol. The van der Waals surface area contributed by atoms with E-state index in [0.29, 0.717) is 5.69 Å². The second-order valence-electron chi connectivity index (χ2n) is 5.86. The quantitative estimate of drug-likeness (QED) is 0.589. The van der Waals surface area contributed by atoms with Crippen molar-refractivity contribution in [2.45, 2.75) is 44.6 Å².